The highest BCUT2D eigenvalue weighted by Gasteiger charge is 2.17. The van der Waals surface area contributed by atoms with Crippen LogP contribution in [0.1, 0.15) is 20.8 Å². The summed E-state index contributed by atoms with van der Waals surface area (Å²) in [5.74, 6) is 0.417. The summed E-state index contributed by atoms with van der Waals surface area (Å²) in [6.07, 6.45) is -0.633. The molecule has 3 rings (SSSR count). The van der Waals surface area contributed by atoms with Gasteiger partial charge in [0.2, 0.25) is 5.13 Å². The number of anilines is 1. The third kappa shape index (κ3) is 4.70. The Morgan fingerprint density at radius 2 is 1.88 bits per heavy atom. The van der Waals surface area contributed by atoms with Gasteiger partial charge in [-0.15, -0.1) is 10.2 Å². The number of hydrogen-bond donors (Lipinski definition) is 1. The number of benzene rings is 2. The summed E-state index contributed by atoms with van der Waals surface area (Å²) in [7, 11) is 0. The molecule has 1 atom stereocenters. The molecule has 0 aliphatic heterocycles. The molecule has 5 nitrogen and oxygen atoms in total. The fourth-order valence-corrected chi connectivity index (χ4v) is 4.19. The summed E-state index contributed by atoms with van der Waals surface area (Å²) in [6, 6.07) is 13.8. The van der Waals surface area contributed by atoms with Crippen molar-refractivity contribution < 1.29 is 9.53 Å². The SMILES string of the molecule is CC(C)Sc1nnc(NC(=O)C(C)Oc2ccc3ccccc3c2)s1. The summed E-state index contributed by atoms with van der Waals surface area (Å²) in [5.41, 5.74) is 0. The fourth-order valence-electron chi connectivity index (χ4n) is 2.21. The molecule has 0 spiro atoms. The van der Waals surface area contributed by atoms with Crippen molar-refractivity contribution in [2.45, 2.75) is 36.5 Å². The van der Waals surface area contributed by atoms with Crippen molar-refractivity contribution in [2.75, 3.05) is 5.32 Å². The van der Waals surface area contributed by atoms with Crippen LogP contribution in [0.4, 0.5) is 5.13 Å². The lowest BCUT2D eigenvalue weighted by molar-refractivity contribution is -0.122. The van der Waals surface area contributed by atoms with Gasteiger partial charge in [0.15, 0.2) is 10.4 Å². The molecule has 1 N–H and O–H groups in total. The molecule has 0 saturated heterocycles. The van der Waals surface area contributed by atoms with E-state index in [9.17, 15) is 4.79 Å². The molecule has 130 valence electrons. The van der Waals surface area contributed by atoms with Crippen LogP contribution in [-0.4, -0.2) is 27.5 Å². The van der Waals surface area contributed by atoms with Crippen molar-refractivity contribution in [1.82, 2.24) is 10.2 Å². The zero-order chi connectivity index (χ0) is 17.8. The maximum absolute atomic E-state index is 12.3. The molecule has 25 heavy (non-hydrogen) atoms. The number of carbonyl (C=O) groups is 1. The van der Waals surface area contributed by atoms with Crippen molar-refractivity contribution in [3.63, 3.8) is 0 Å². The molecule has 3 aromatic rings. The maximum Gasteiger partial charge on any atom is 0.266 e. The summed E-state index contributed by atoms with van der Waals surface area (Å²) >= 11 is 2.99. The third-order valence-corrected chi connectivity index (χ3v) is 5.30. The molecule has 0 bridgehead atoms. The Balaban J connectivity index is 1.62. The topological polar surface area (TPSA) is 64.1 Å². The highest BCUT2D eigenvalue weighted by Crippen LogP contribution is 2.28. The Bertz CT molecular complexity index is 879. The predicted octanol–water partition coefficient (Wildman–Crippen LogP) is 4.60. The number of nitrogens with one attached hydrogen (secondary N) is 1. The summed E-state index contributed by atoms with van der Waals surface area (Å²) in [5, 5.41) is 13.9. The molecule has 0 radical (unpaired) electrons. The van der Waals surface area contributed by atoms with Crippen molar-refractivity contribution in [2.24, 2.45) is 0 Å². The van der Waals surface area contributed by atoms with Crippen molar-refractivity contribution in [1.29, 1.82) is 0 Å². The van der Waals surface area contributed by atoms with Crippen LogP contribution in [0.3, 0.4) is 0 Å². The Kier molecular flexibility index (Phi) is 5.55. The first-order valence-corrected chi connectivity index (χ1v) is 9.67. The van der Waals surface area contributed by atoms with E-state index in [1.54, 1.807) is 18.7 Å². The quantitative estimate of drug-likeness (QED) is 0.505. The summed E-state index contributed by atoms with van der Waals surface area (Å²) < 4.78 is 6.61. The van der Waals surface area contributed by atoms with Crippen molar-refractivity contribution in [3.8, 4) is 5.75 Å². The Morgan fingerprint density at radius 1 is 1.12 bits per heavy atom. The normalized spacial score (nSPS) is 12.3. The lowest BCUT2D eigenvalue weighted by Gasteiger charge is -2.14. The van der Waals surface area contributed by atoms with Crippen LogP contribution in [-0.2, 0) is 4.79 Å². The average Bonchev–Trinajstić information content (AvgIpc) is 3.00. The number of hydrogen-bond acceptors (Lipinski definition) is 6. The number of fused-ring (bicyclic) bond motifs is 1. The second kappa shape index (κ2) is 7.84. The minimum Gasteiger partial charge on any atom is -0.481 e. The van der Waals surface area contributed by atoms with Crippen LogP contribution >= 0.6 is 23.1 Å². The fraction of sp³-hybridized carbons (Fsp3) is 0.278. The number of aromatic nitrogens is 2. The average molecular weight is 374 g/mol. The van der Waals surface area contributed by atoms with E-state index in [0.717, 1.165) is 15.1 Å². The minimum atomic E-state index is -0.633. The van der Waals surface area contributed by atoms with Gasteiger partial charge in [-0.3, -0.25) is 10.1 Å². The standard InChI is InChI=1S/C18H19N3O2S2/c1-11(2)24-18-21-20-17(25-18)19-16(22)12(3)23-15-9-8-13-6-4-5-7-14(13)10-15/h4-12H,1-3H3,(H,19,20,22). The molecular formula is C18H19N3O2S2. The van der Waals surface area contributed by atoms with E-state index in [4.69, 9.17) is 4.74 Å². The molecule has 0 aliphatic carbocycles. The number of thioether (sulfide) groups is 1. The first kappa shape index (κ1) is 17.7. The minimum absolute atomic E-state index is 0.245. The van der Waals surface area contributed by atoms with Gasteiger partial charge in [0.05, 0.1) is 0 Å². The van der Waals surface area contributed by atoms with Gasteiger partial charge in [0.25, 0.3) is 5.91 Å². The highest BCUT2D eigenvalue weighted by molar-refractivity contribution is 8.01. The first-order valence-electron chi connectivity index (χ1n) is 7.98. The first-order chi connectivity index (χ1) is 12.0. The lowest BCUT2D eigenvalue weighted by atomic mass is 10.1. The van der Waals surface area contributed by atoms with Gasteiger partial charge in [-0.1, -0.05) is 67.3 Å². The highest BCUT2D eigenvalue weighted by atomic mass is 32.2. The summed E-state index contributed by atoms with van der Waals surface area (Å²) in [4.78, 5) is 12.3. The third-order valence-electron chi connectivity index (χ3n) is 3.38. The second-order valence-corrected chi connectivity index (χ2v) is 8.60. The monoisotopic (exact) mass is 373 g/mol. The van der Waals surface area contributed by atoms with Gasteiger partial charge in [-0.05, 0) is 29.8 Å². The molecule has 1 amide bonds. The van der Waals surface area contributed by atoms with Gasteiger partial charge >= 0.3 is 0 Å². The van der Waals surface area contributed by atoms with Crippen LogP contribution in [0.5, 0.6) is 5.75 Å². The van der Waals surface area contributed by atoms with E-state index in [-0.39, 0.29) is 5.91 Å². The van der Waals surface area contributed by atoms with Crippen LogP contribution in [0, 0.1) is 0 Å². The zero-order valence-corrected chi connectivity index (χ0v) is 15.9. The number of ether oxygens (including phenoxy) is 1. The van der Waals surface area contributed by atoms with Crippen molar-refractivity contribution >= 4 is 44.9 Å². The Labute approximate surface area is 154 Å². The molecule has 0 aliphatic rings. The number of nitrogens with zero attached hydrogens (tertiary/aromatic N) is 2. The van der Waals surface area contributed by atoms with E-state index < -0.39 is 6.10 Å². The molecule has 1 aromatic heterocycles. The van der Waals surface area contributed by atoms with E-state index in [2.05, 4.69) is 29.4 Å². The number of amides is 1. The Morgan fingerprint density at radius 3 is 2.64 bits per heavy atom. The maximum atomic E-state index is 12.3. The van der Waals surface area contributed by atoms with Crippen LogP contribution in [0.25, 0.3) is 10.8 Å². The van der Waals surface area contributed by atoms with Crippen molar-refractivity contribution in [3.05, 3.63) is 42.5 Å². The van der Waals surface area contributed by atoms with Crippen LogP contribution in [0.15, 0.2) is 46.8 Å². The predicted molar refractivity (Wildman–Crippen MR) is 104 cm³/mol. The molecule has 1 heterocycles. The molecule has 0 fully saturated rings. The largest absolute Gasteiger partial charge is 0.481 e. The number of rotatable bonds is 6. The lowest BCUT2D eigenvalue weighted by Crippen LogP contribution is -2.30. The Hall–Kier alpha value is -2.12. The van der Waals surface area contributed by atoms with Crippen LogP contribution < -0.4 is 10.1 Å². The van der Waals surface area contributed by atoms with Gasteiger partial charge < -0.3 is 4.74 Å². The number of carbonyl (C=O) groups excluding carboxylic acids is 1. The van der Waals surface area contributed by atoms with Gasteiger partial charge in [0, 0.05) is 5.25 Å². The molecule has 2 aromatic carbocycles. The zero-order valence-electron chi connectivity index (χ0n) is 14.2. The van der Waals surface area contributed by atoms with E-state index in [0.29, 0.717) is 16.1 Å². The second-order valence-electron chi connectivity index (χ2n) is 5.80. The van der Waals surface area contributed by atoms with Gasteiger partial charge in [-0.25, -0.2) is 0 Å². The molecule has 1 unspecified atom stereocenters. The van der Waals surface area contributed by atoms with E-state index in [1.807, 2.05) is 42.5 Å². The summed E-state index contributed by atoms with van der Waals surface area (Å²) in [6.45, 7) is 5.89. The molecular weight excluding hydrogens is 354 g/mol. The van der Waals surface area contributed by atoms with Gasteiger partial charge in [-0.2, -0.15) is 0 Å². The van der Waals surface area contributed by atoms with Crippen LogP contribution in [0.2, 0.25) is 0 Å². The van der Waals surface area contributed by atoms with E-state index >= 15 is 0 Å². The van der Waals surface area contributed by atoms with Gasteiger partial charge in [0.1, 0.15) is 5.75 Å². The smallest absolute Gasteiger partial charge is 0.266 e. The molecule has 0 saturated carbocycles. The molecule has 7 heteroatoms. The van der Waals surface area contributed by atoms with E-state index in [1.165, 1.54) is 11.3 Å².